The van der Waals surface area contributed by atoms with Gasteiger partial charge in [0, 0.05) is 23.3 Å². The average Bonchev–Trinajstić information content (AvgIpc) is 2.68. The van der Waals surface area contributed by atoms with Crippen molar-refractivity contribution in [2.24, 2.45) is 0 Å². The Bertz CT molecular complexity index is 1150. The Morgan fingerprint density at radius 2 is 1.79 bits per heavy atom. The normalized spacial score (nSPS) is 11.6. The molecular formula is C19H11F4N5. The lowest BCUT2D eigenvalue weighted by Crippen LogP contribution is -2.06. The van der Waals surface area contributed by atoms with Crippen LogP contribution in [0.1, 0.15) is 5.56 Å². The number of benzene rings is 1. The van der Waals surface area contributed by atoms with Gasteiger partial charge in [0.1, 0.15) is 18.0 Å². The lowest BCUT2D eigenvalue weighted by Gasteiger charge is -2.13. The van der Waals surface area contributed by atoms with Gasteiger partial charge in [-0.05, 0) is 42.5 Å². The molecule has 4 rings (SSSR count). The molecule has 0 atom stereocenters. The fourth-order valence-corrected chi connectivity index (χ4v) is 2.70. The quantitative estimate of drug-likeness (QED) is 0.504. The predicted octanol–water partition coefficient (Wildman–Crippen LogP) is 4.99. The van der Waals surface area contributed by atoms with Gasteiger partial charge < -0.3 is 5.32 Å². The van der Waals surface area contributed by atoms with Crippen molar-refractivity contribution in [2.75, 3.05) is 5.32 Å². The Labute approximate surface area is 156 Å². The first-order valence-corrected chi connectivity index (χ1v) is 8.08. The van der Waals surface area contributed by atoms with E-state index in [0.29, 0.717) is 23.0 Å². The van der Waals surface area contributed by atoms with E-state index in [-0.39, 0.29) is 16.9 Å². The molecule has 0 saturated carbocycles. The first-order valence-electron chi connectivity index (χ1n) is 8.08. The molecule has 1 N–H and O–H groups in total. The fourth-order valence-electron chi connectivity index (χ4n) is 2.70. The van der Waals surface area contributed by atoms with Gasteiger partial charge in [0.15, 0.2) is 5.65 Å². The third-order valence-corrected chi connectivity index (χ3v) is 4.00. The second-order valence-corrected chi connectivity index (χ2v) is 5.84. The molecule has 0 aliphatic heterocycles. The summed E-state index contributed by atoms with van der Waals surface area (Å²) in [5, 5.41) is 3.65. The first-order chi connectivity index (χ1) is 13.4. The van der Waals surface area contributed by atoms with Crippen molar-refractivity contribution < 1.29 is 17.6 Å². The number of pyridine rings is 2. The Morgan fingerprint density at radius 1 is 0.929 bits per heavy atom. The Morgan fingerprint density at radius 3 is 2.54 bits per heavy atom. The molecule has 3 heterocycles. The van der Waals surface area contributed by atoms with Gasteiger partial charge >= 0.3 is 6.18 Å². The average molecular weight is 385 g/mol. The topological polar surface area (TPSA) is 63.6 Å². The molecule has 0 spiro atoms. The highest BCUT2D eigenvalue weighted by molar-refractivity contribution is 5.93. The summed E-state index contributed by atoms with van der Waals surface area (Å²) in [5.74, 6) is -0.356. The number of aromatic nitrogens is 4. The minimum atomic E-state index is -4.60. The maximum absolute atomic E-state index is 14.3. The van der Waals surface area contributed by atoms with Crippen LogP contribution in [0.3, 0.4) is 0 Å². The van der Waals surface area contributed by atoms with Gasteiger partial charge in [-0.2, -0.15) is 13.2 Å². The zero-order valence-electron chi connectivity index (χ0n) is 14.1. The Kier molecular flexibility index (Phi) is 4.34. The smallest absolute Gasteiger partial charge is 0.339 e. The molecule has 4 aromatic rings. The summed E-state index contributed by atoms with van der Waals surface area (Å²) in [6, 6.07) is 8.72. The van der Waals surface area contributed by atoms with Crippen molar-refractivity contribution in [3.8, 4) is 11.3 Å². The molecule has 5 nitrogen and oxygen atoms in total. The highest BCUT2D eigenvalue weighted by Gasteiger charge is 2.31. The molecular weight excluding hydrogens is 374 g/mol. The van der Waals surface area contributed by atoms with Crippen LogP contribution in [0.2, 0.25) is 0 Å². The van der Waals surface area contributed by atoms with Crippen LogP contribution in [0.25, 0.3) is 22.3 Å². The SMILES string of the molecule is Fc1ccc(C(F)(F)F)cc1-c1cc(Nc2ccncn2)c2cccnc2n1. The number of rotatable bonds is 3. The fraction of sp³-hybridized carbons (Fsp3) is 0.0526. The summed E-state index contributed by atoms with van der Waals surface area (Å²) in [4.78, 5) is 16.3. The van der Waals surface area contributed by atoms with E-state index < -0.39 is 17.6 Å². The van der Waals surface area contributed by atoms with Gasteiger partial charge in [0.05, 0.1) is 16.9 Å². The van der Waals surface area contributed by atoms with Crippen molar-refractivity contribution in [1.29, 1.82) is 0 Å². The molecule has 3 aromatic heterocycles. The van der Waals surface area contributed by atoms with Crippen LogP contribution in [0, 0.1) is 5.82 Å². The highest BCUT2D eigenvalue weighted by atomic mass is 19.4. The number of hydrogen-bond acceptors (Lipinski definition) is 5. The van der Waals surface area contributed by atoms with Crippen LogP contribution in [0.4, 0.5) is 29.1 Å². The van der Waals surface area contributed by atoms with Crippen molar-refractivity contribution in [3.05, 3.63) is 72.6 Å². The molecule has 0 aliphatic carbocycles. The zero-order chi connectivity index (χ0) is 19.7. The third kappa shape index (κ3) is 3.46. The van der Waals surface area contributed by atoms with Crippen molar-refractivity contribution in [3.63, 3.8) is 0 Å². The van der Waals surface area contributed by atoms with Gasteiger partial charge in [-0.15, -0.1) is 0 Å². The van der Waals surface area contributed by atoms with E-state index in [1.165, 1.54) is 24.8 Å². The molecule has 0 amide bonds. The number of hydrogen-bond donors (Lipinski definition) is 1. The third-order valence-electron chi connectivity index (χ3n) is 4.00. The van der Waals surface area contributed by atoms with E-state index in [1.54, 1.807) is 18.2 Å². The van der Waals surface area contributed by atoms with Crippen molar-refractivity contribution in [2.45, 2.75) is 6.18 Å². The van der Waals surface area contributed by atoms with Crippen LogP contribution in [0.15, 0.2) is 61.2 Å². The molecule has 0 saturated heterocycles. The summed E-state index contributed by atoms with van der Waals surface area (Å²) in [6.45, 7) is 0. The van der Waals surface area contributed by atoms with E-state index in [2.05, 4.69) is 25.3 Å². The zero-order valence-corrected chi connectivity index (χ0v) is 14.1. The number of alkyl halides is 3. The Hall–Kier alpha value is -3.62. The summed E-state index contributed by atoms with van der Waals surface area (Å²) in [5.41, 5.74) is -0.478. The molecule has 28 heavy (non-hydrogen) atoms. The largest absolute Gasteiger partial charge is 0.416 e. The summed E-state index contributed by atoms with van der Waals surface area (Å²) >= 11 is 0. The Balaban J connectivity index is 1.89. The van der Waals surface area contributed by atoms with Crippen LogP contribution < -0.4 is 5.32 Å². The van der Waals surface area contributed by atoms with Gasteiger partial charge in [-0.1, -0.05) is 0 Å². The number of nitrogens with one attached hydrogen (secondary N) is 1. The maximum atomic E-state index is 14.3. The van der Waals surface area contributed by atoms with Crippen LogP contribution in [0.5, 0.6) is 0 Å². The van der Waals surface area contributed by atoms with E-state index in [4.69, 9.17) is 0 Å². The number of nitrogens with zero attached hydrogens (tertiary/aromatic N) is 4. The van der Waals surface area contributed by atoms with Crippen LogP contribution in [-0.2, 0) is 6.18 Å². The summed E-state index contributed by atoms with van der Waals surface area (Å²) < 4.78 is 53.5. The maximum Gasteiger partial charge on any atom is 0.416 e. The second-order valence-electron chi connectivity index (χ2n) is 5.84. The molecule has 9 heteroatoms. The number of halogens is 4. The van der Waals surface area contributed by atoms with Gasteiger partial charge in [-0.3, -0.25) is 0 Å². The lowest BCUT2D eigenvalue weighted by atomic mass is 10.0. The standard InChI is InChI=1S/C19H11F4N5/c20-14-4-3-11(19(21,22)23)8-13(14)16-9-15(27-17-5-7-24-10-26-17)12-2-1-6-25-18(12)28-16/h1-10H,(H,24,25,26,27,28). The van der Waals surface area contributed by atoms with E-state index in [1.807, 2.05) is 0 Å². The molecule has 1 aromatic carbocycles. The summed E-state index contributed by atoms with van der Waals surface area (Å²) in [7, 11) is 0. The molecule has 0 bridgehead atoms. The second kappa shape index (κ2) is 6.84. The van der Waals surface area contributed by atoms with Crippen LogP contribution >= 0.6 is 0 Å². The molecule has 0 aliphatic rings. The van der Waals surface area contributed by atoms with Gasteiger partial charge in [0.25, 0.3) is 0 Å². The summed E-state index contributed by atoms with van der Waals surface area (Å²) in [6.07, 6.45) is -0.225. The number of fused-ring (bicyclic) bond motifs is 1. The van der Waals surface area contributed by atoms with Gasteiger partial charge in [-0.25, -0.2) is 24.3 Å². The molecule has 0 unspecified atom stereocenters. The molecule has 0 radical (unpaired) electrons. The molecule has 140 valence electrons. The molecule has 0 fully saturated rings. The van der Waals surface area contributed by atoms with Crippen molar-refractivity contribution in [1.82, 2.24) is 19.9 Å². The van der Waals surface area contributed by atoms with E-state index in [9.17, 15) is 17.6 Å². The van der Waals surface area contributed by atoms with Gasteiger partial charge in [0.2, 0.25) is 0 Å². The predicted molar refractivity (Wildman–Crippen MR) is 95.2 cm³/mol. The lowest BCUT2D eigenvalue weighted by molar-refractivity contribution is -0.137. The minimum Gasteiger partial charge on any atom is -0.339 e. The van der Waals surface area contributed by atoms with E-state index in [0.717, 1.165) is 12.1 Å². The first kappa shape index (κ1) is 17.8. The highest BCUT2D eigenvalue weighted by Crippen LogP contribution is 2.35. The minimum absolute atomic E-state index is 0.0198. The van der Waals surface area contributed by atoms with Crippen LogP contribution in [-0.4, -0.2) is 19.9 Å². The van der Waals surface area contributed by atoms with Crippen molar-refractivity contribution >= 4 is 22.5 Å². The monoisotopic (exact) mass is 385 g/mol. The van der Waals surface area contributed by atoms with E-state index >= 15 is 0 Å². The number of anilines is 2.